The van der Waals surface area contributed by atoms with Crippen LogP contribution in [0.3, 0.4) is 0 Å². The first kappa shape index (κ1) is 26.0. The van der Waals surface area contributed by atoms with Gasteiger partial charge in [0.25, 0.3) is 5.56 Å². The molecule has 0 aliphatic heterocycles. The molecule has 1 unspecified atom stereocenters. The first-order valence-electron chi connectivity index (χ1n) is 14.0. The number of aromatic nitrogens is 5. The first-order valence-corrected chi connectivity index (χ1v) is 14.0. The zero-order valence-corrected chi connectivity index (χ0v) is 22.7. The van der Waals surface area contributed by atoms with Crippen molar-refractivity contribution in [2.45, 2.75) is 50.7 Å². The maximum absolute atomic E-state index is 13.8. The van der Waals surface area contributed by atoms with Gasteiger partial charge in [-0.05, 0) is 65.1 Å². The van der Waals surface area contributed by atoms with E-state index in [4.69, 9.17) is 4.74 Å². The Balaban J connectivity index is 1.50. The largest absolute Gasteiger partial charge is 0.497 e. The summed E-state index contributed by atoms with van der Waals surface area (Å²) in [5.41, 5.74) is 3.66. The summed E-state index contributed by atoms with van der Waals surface area (Å²) >= 11 is 0. The van der Waals surface area contributed by atoms with Crippen LogP contribution in [0.4, 0.5) is 0 Å². The van der Waals surface area contributed by atoms with Gasteiger partial charge in [0.2, 0.25) is 0 Å². The van der Waals surface area contributed by atoms with E-state index in [0.717, 1.165) is 55.3 Å². The van der Waals surface area contributed by atoms with Crippen LogP contribution in [0.15, 0.2) is 89.7 Å². The normalized spacial score (nSPS) is 14.7. The Kier molecular flexibility index (Phi) is 7.68. The molecule has 1 aliphatic rings. The van der Waals surface area contributed by atoms with Crippen LogP contribution in [0.5, 0.6) is 5.75 Å². The molecule has 8 nitrogen and oxygen atoms in total. The molecule has 1 fully saturated rings. The van der Waals surface area contributed by atoms with Crippen molar-refractivity contribution in [3.05, 3.63) is 118 Å². The van der Waals surface area contributed by atoms with Crippen molar-refractivity contribution in [2.75, 3.05) is 13.7 Å². The first-order chi connectivity index (χ1) is 19.7. The van der Waals surface area contributed by atoms with Crippen molar-refractivity contribution in [3.8, 4) is 5.75 Å². The number of pyridine rings is 1. The lowest BCUT2D eigenvalue weighted by Crippen LogP contribution is -2.36. The monoisotopic (exact) mass is 534 g/mol. The third kappa shape index (κ3) is 5.53. The van der Waals surface area contributed by atoms with Gasteiger partial charge in [-0.15, -0.1) is 5.10 Å². The highest BCUT2D eigenvalue weighted by Crippen LogP contribution is 2.35. The number of tetrazole rings is 1. The number of nitrogens with zero attached hydrogens (tertiary/aromatic N) is 5. The summed E-state index contributed by atoms with van der Waals surface area (Å²) in [6.07, 6.45) is 5.23. The second-order valence-electron chi connectivity index (χ2n) is 10.5. The van der Waals surface area contributed by atoms with Crippen molar-refractivity contribution < 1.29 is 4.74 Å². The van der Waals surface area contributed by atoms with Crippen LogP contribution in [0, 0.1) is 0 Å². The van der Waals surface area contributed by atoms with Gasteiger partial charge in [-0.1, -0.05) is 73.5 Å². The maximum Gasteiger partial charge on any atom is 0.253 e. The highest BCUT2D eigenvalue weighted by atomic mass is 16.5. The number of hydrogen-bond acceptors (Lipinski definition) is 6. The van der Waals surface area contributed by atoms with E-state index >= 15 is 0 Å². The molecule has 5 aromatic rings. The summed E-state index contributed by atoms with van der Waals surface area (Å²) in [7, 11) is 1.65. The molecular formula is C32H34N6O2. The third-order valence-electron chi connectivity index (χ3n) is 7.93. The van der Waals surface area contributed by atoms with Gasteiger partial charge in [0.1, 0.15) is 11.8 Å². The average Bonchev–Trinajstić information content (AvgIpc) is 3.70. The van der Waals surface area contributed by atoms with Crippen molar-refractivity contribution in [1.82, 2.24) is 30.1 Å². The van der Waals surface area contributed by atoms with E-state index in [0.29, 0.717) is 17.9 Å². The van der Waals surface area contributed by atoms with E-state index in [1.807, 2.05) is 41.1 Å². The van der Waals surface area contributed by atoms with Gasteiger partial charge < -0.3 is 9.72 Å². The molecule has 2 aromatic heterocycles. The predicted molar refractivity (Wildman–Crippen MR) is 155 cm³/mol. The second-order valence-corrected chi connectivity index (χ2v) is 10.5. The molecular weight excluding hydrogens is 500 g/mol. The average molecular weight is 535 g/mol. The van der Waals surface area contributed by atoms with Gasteiger partial charge in [0.15, 0.2) is 5.82 Å². The van der Waals surface area contributed by atoms with E-state index in [2.05, 4.69) is 73.9 Å². The Hall–Kier alpha value is -4.30. The van der Waals surface area contributed by atoms with E-state index in [9.17, 15) is 4.79 Å². The predicted octanol–water partition coefficient (Wildman–Crippen LogP) is 5.47. The molecule has 0 saturated heterocycles. The van der Waals surface area contributed by atoms with Crippen LogP contribution in [-0.2, 0) is 13.0 Å². The smallest absolute Gasteiger partial charge is 0.253 e. The van der Waals surface area contributed by atoms with Crippen LogP contribution in [0.1, 0.15) is 60.3 Å². The van der Waals surface area contributed by atoms with Crippen LogP contribution in [0.25, 0.3) is 10.9 Å². The Morgan fingerprint density at radius 1 is 0.975 bits per heavy atom. The molecule has 6 rings (SSSR count). The molecule has 0 spiro atoms. The molecule has 1 N–H and O–H groups in total. The minimum Gasteiger partial charge on any atom is -0.497 e. The number of fused-ring (bicyclic) bond motifs is 1. The summed E-state index contributed by atoms with van der Waals surface area (Å²) in [5, 5.41) is 14.1. The molecule has 0 radical (unpaired) electrons. The number of aromatic amines is 1. The summed E-state index contributed by atoms with van der Waals surface area (Å²) in [5.74, 6) is 1.45. The topological polar surface area (TPSA) is 88.9 Å². The SMILES string of the molecule is COc1ccc2[nH]c(=O)c(C(c3nnnn3C3CCCC3)N(CCc3ccccc3)Cc3ccccc3)cc2c1. The summed E-state index contributed by atoms with van der Waals surface area (Å²) < 4.78 is 7.47. The molecule has 1 saturated carbocycles. The lowest BCUT2D eigenvalue weighted by atomic mass is 10.0. The van der Waals surface area contributed by atoms with E-state index < -0.39 is 6.04 Å². The van der Waals surface area contributed by atoms with Gasteiger partial charge in [-0.25, -0.2) is 4.68 Å². The van der Waals surface area contributed by atoms with Gasteiger partial charge in [-0.3, -0.25) is 9.69 Å². The van der Waals surface area contributed by atoms with E-state index in [1.54, 1.807) is 7.11 Å². The fraction of sp³-hybridized carbons (Fsp3) is 0.312. The minimum atomic E-state index is -0.445. The molecule has 0 bridgehead atoms. The number of hydrogen-bond donors (Lipinski definition) is 1. The van der Waals surface area contributed by atoms with Crippen LogP contribution >= 0.6 is 0 Å². The number of benzene rings is 3. The van der Waals surface area contributed by atoms with Gasteiger partial charge in [-0.2, -0.15) is 0 Å². The zero-order valence-electron chi connectivity index (χ0n) is 22.7. The molecule has 2 heterocycles. The lowest BCUT2D eigenvalue weighted by molar-refractivity contribution is 0.201. The number of ether oxygens (including phenoxy) is 1. The molecule has 1 aliphatic carbocycles. The van der Waals surface area contributed by atoms with Crippen molar-refractivity contribution in [1.29, 1.82) is 0 Å². The Morgan fingerprint density at radius 2 is 1.70 bits per heavy atom. The molecule has 3 aromatic carbocycles. The van der Waals surface area contributed by atoms with Gasteiger partial charge in [0, 0.05) is 29.6 Å². The lowest BCUT2D eigenvalue weighted by Gasteiger charge is -2.32. The second kappa shape index (κ2) is 11.8. The highest BCUT2D eigenvalue weighted by Gasteiger charge is 2.33. The fourth-order valence-electron chi connectivity index (χ4n) is 5.85. The van der Waals surface area contributed by atoms with Gasteiger partial charge >= 0.3 is 0 Å². The van der Waals surface area contributed by atoms with E-state index in [-0.39, 0.29) is 11.6 Å². The zero-order chi connectivity index (χ0) is 27.3. The number of nitrogens with one attached hydrogen (secondary N) is 1. The molecule has 0 amide bonds. The number of methoxy groups -OCH3 is 1. The van der Waals surface area contributed by atoms with Crippen LogP contribution in [-0.4, -0.2) is 43.7 Å². The minimum absolute atomic E-state index is 0.138. The number of rotatable bonds is 10. The van der Waals surface area contributed by atoms with Crippen molar-refractivity contribution in [2.24, 2.45) is 0 Å². The molecule has 40 heavy (non-hydrogen) atoms. The number of H-pyrrole nitrogens is 1. The van der Waals surface area contributed by atoms with Crippen molar-refractivity contribution >= 4 is 10.9 Å². The summed E-state index contributed by atoms with van der Waals surface area (Å²) in [6.45, 7) is 1.36. The van der Waals surface area contributed by atoms with E-state index in [1.165, 1.54) is 11.1 Å². The summed E-state index contributed by atoms with van der Waals surface area (Å²) in [6, 6.07) is 28.3. The van der Waals surface area contributed by atoms with Gasteiger partial charge in [0.05, 0.1) is 13.2 Å². The van der Waals surface area contributed by atoms with Crippen LogP contribution < -0.4 is 10.3 Å². The molecule has 1 atom stereocenters. The fourth-order valence-corrected chi connectivity index (χ4v) is 5.85. The van der Waals surface area contributed by atoms with Crippen LogP contribution in [0.2, 0.25) is 0 Å². The third-order valence-corrected chi connectivity index (χ3v) is 7.93. The maximum atomic E-state index is 13.8. The highest BCUT2D eigenvalue weighted by molar-refractivity contribution is 5.80. The Morgan fingerprint density at radius 3 is 2.42 bits per heavy atom. The quantitative estimate of drug-likeness (QED) is 0.256. The standard InChI is InChI=1S/C32H34N6O2/c1-40-27-16-17-29-25(20-27)21-28(32(39)33-29)30(31-34-35-36-38(31)26-14-8-9-15-26)37(22-24-12-6-3-7-13-24)19-18-23-10-4-2-5-11-23/h2-7,10-13,16-17,20-21,26,30H,8-9,14-15,18-19,22H2,1H3,(H,33,39). The molecule has 8 heteroatoms. The Bertz CT molecular complexity index is 1610. The van der Waals surface area contributed by atoms with Crippen molar-refractivity contribution in [3.63, 3.8) is 0 Å². The molecule has 204 valence electrons. The summed E-state index contributed by atoms with van der Waals surface area (Å²) in [4.78, 5) is 19.3. The Labute approximate surface area is 233 Å².